The zero-order valence-corrected chi connectivity index (χ0v) is 21.8. The Kier molecular flexibility index (Phi) is 7.83. The van der Waals surface area contributed by atoms with E-state index in [-0.39, 0.29) is 11.4 Å². The lowest BCUT2D eigenvalue weighted by molar-refractivity contribution is 0.0997. The minimum absolute atomic E-state index is 0.113. The Morgan fingerprint density at radius 3 is 2.47 bits per heavy atom. The van der Waals surface area contributed by atoms with Crippen molar-refractivity contribution in [3.05, 3.63) is 101 Å². The number of thiazole rings is 1. The maximum atomic E-state index is 13.0. The highest BCUT2D eigenvalue weighted by atomic mass is 32.2. The third-order valence-electron chi connectivity index (χ3n) is 5.53. The largest absolute Gasteiger partial charge is 0.492 e. The summed E-state index contributed by atoms with van der Waals surface area (Å²) >= 11 is 1.38. The Labute approximate surface area is 214 Å². The number of carbonyl (C=O) groups excluding carboxylic acids is 1. The minimum Gasteiger partial charge on any atom is -0.492 e. The van der Waals surface area contributed by atoms with Crippen LogP contribution in [0.4, 0.5) is 0 Å². The minimum atomic E-state index is -3.72. The molecule has 4 rings (SSSR count). The molecule has 36 heavy (non-hydrogen) atoms. The third-order valence-corrected chi connectivity index (χ3v) is 8.39. The molecule has 0 saturated carbocycles. The van der Waals surface area contributed by atoms with Crippen LogP contribution in [0.25, 0.3) is 10.2 Å². The molecule has 1 aromatic heterocycles. The average Bonchev–Trinajstić information content (AvgIpc) is 3.22. The number of ether oxygens (including phenoxy) is 1. The topological polar surface area (TPSA) is 81.0 Å². The number of nitrogens with zero attached hydrogens (tertiary/aromatic N) is 3. The van der Waals surface area contributed by atoms with Crippen molar-refractivity contribution in [1.29, 1.82) is 0 Å². The number of hydrogen-bond donors (Lipinski definition) is 0. The number of carbonyl (C=O) groups is 1. The quantitative estimate of drug-likeness (QED) is 0.295. The Balaban J connectivity index is 1.63. The third kappa shape index (κ3) is 5.33. The molecule has 9 heteroatoms. The molecule has 186 valence electrons. The van der Waals surface area contributed by atoms with Gasteiger partial charge in [-0.1, -0.05) is 53.8 Å². The maximum absolute atomic E-state index is 13.0. The fraction of sp³-hybridized carbons (Fsp3) is 0.185. The average molecular weight is 522 g/mol. The first kappa shape index (κ1) is 25.6. The number of sulfonamides is 1. The fourth-order valence-electron chi connectivity index (χ4n) is 3.78. The van der Waals surface area contributed by atoms with Crippen LogP contribution in [0.5, 0.6) is 5.75 Å². The van der Waals surface area contributed by atoms with Crippen LogP contribution in [0, 0.1) is 0 Å². The number of amides is 1. The van der Waals surface area contributed by atoms with Gasteiger partial charge in [-0.15, -0.1) is 6.58 Å². The van der Waals surface area contributed by atoms with Crippen molar-refractivity contribution in [1.82, 2.24) is 8.87 Å². The number of allylic oxidation sites excluding steroid dienone is 1. The van der Waals surface area contributed by atoms with Gasteiger partial charge in [0.05, 0.1) is 16.2 Å². The molecule has 0 aliphatic rings. The highest BCUT2D eigenvalue weighted by molar-refractivity contribution is 7.89. The molecule has 0 saturated heterocycles. The van der Waals surface area contributed by atoms with Gasteiger partial charge in [0.25, 0.3) is 5.91 Å². The van der Waals surface area contributed by atoms with E-state index in [1.54, 1.807) is 6.08 Å². The zero-order chi connectivity index (χ0) is 25.7. The van der Waals surface area contributed by atoms with Crippen LogP contribution in [0.2, 0.25) is 0 Å². The van der Waals surface area contributed by atoms with Crippen molar-refractivity contribution in [3.63, 3.8) is 0 Å². The second kappa shape index (κ2) is 11.0. The van der Waals surface area contributed by atoms with Gasteiger partial charge < -0.3 is 9.30 Å². The van der Waals surface area contributed by atoms with E-state index < -0.39 is 15.9 Å². The lowest BCUT2D eigenvalue weighted by Crippen LogP contribution is -2.26. The lowest BCUT2D eigenvalue weighted by atomic mass is 10.2. The Morgan fingerprint density at radius 2 is 1.81 bits per heavy atom. The molecule has 0 fully saturated rings. The molecule has 0 aliphatic heterocycles. The first-order valence-corrected chi connectivity index (χ1v) is 13.7. The van der Waals surface area contributed by atoms with E-state index in [1.165, 1.54) is 47.0 Å². The zero-order valence-electron chi connectivity index (χ0n) is 20.1. The van der Waals surface area contributed by atoms with E-state index in [4.69, 9.17) is 4.74 Å². The summed E-state index contributed by atoms with van der Waals surface area (Å²) in [7, 11) is -2.18. The molecule has 0 aliphatic carbocycles. The van der Waals surface area contributed by atoms with Crippen molar-refractivity contribution in [2.45, 2.75) is 24.9 Å². The molecule has 0 unspecified atom stereocenters. The van der Waals surface area contributed by atoms with Gasteiger partial charge in [0.1, 0.15) is 11.3 Å². The molecule has 0 bridgehead atoms. The second-order valence-electron chi connectivity index (χ2n) is 8.01. The number of hydrogen-bond acceptors (Lipinski definition) is 5. The van der Waals surface area contributed by atoms with Crippen molar-refractivity contribution < 1.29 is 17.9 Å². The summed E-state index contributed by atoms with van der Waals surface area (Å²) in [5, 5.41) is 0. The van der Waals surface area contributed by atoms with Gasteiger partial charge in [0, 0.05) is 25.7 Å². The molecular formula is C27H27N3O4S2. The Morgan fingerprint density at radius 1 is 1.08 bits per heavy atom. The normalized spacial score (nSPS) is 12.2. The second-order valence-corrected chi connectivity index (χ2v) is 11.1. The van der Waals surface area contributed by atoms with Crippen molar-refractivity contribution in [2.75, 3.05) is 13.7 Å². The summed E-state index contributed by atoms with van der Waals surface area (Å²) in [5.41, 5.74) is 2.05. The fourth-order valence-corrected chi connectivity index (χ4v) is 5.99. The van der Waals surface area contributed by atoms with E-state index in [0.717, 1.165) is 21.5 Å². The van der Waals surface area contributed by atoms with Crippen molar-refractivity contribution >= 4 is 37.5 Å². The van der Waals surface area contributed by atoms with Crippen LogP contribution in [-0.2, 0) is 23.1 Å². The molecule has 0 N–H and O–H groups in total. The number of fused-ring (bicyclic) bond motifs is 1. The predicted molar refractivity (Wildman–Crippen MR) is 143 cm³/mol. The van der Waals surface area contributed by atoms with Gasteiger partial charge >= 0.3 is 0 Å². The molecule has 4 aromatic rings. The first-order valence-electron chi connectivity index (χ1n) is 11.4. The number of rotatable bonds is 9. The first-order chi connectivity index (χ1) is 17.3. The molecule has 0 radical (unpaired) electrons. The van der Waals surface area contributed by atoms with Crippen LogP contribution in [-0.4, -0.2) is 36.9 Å². The van der Waals surface area contributed by atoms with Gasteiger partial charge in [-0.2, -0.15) is 9.30 Å². The molecule has 7 nitrogen and oxygen atoms in total. The van der Waals surface area contributed by atoms with Crippen molar-refractivity contribution in [2.24, 2.45) is 4.99 Å². The van der Waals surface area contributed by atoms with Gasteiger partial charge in [-0.3, -0.25) is 4.79 Å². The monoisotopic (exact) mass is 521 g/mol. The molecular weight excluding hydrogens is 494 g/mol. The lowest BCUT2D eigenvalue weighted by Gasteiger charge is -2.17. The van der Waals surface area contributed by atoms with Crippen LogP contribution < -0.4 is 9.54 Å². The van der Waals surface area contributed by atoms with Gasteiger partial charge in [-0.25, -0.2) is 8.42 Å². The van der Waals surface area contributed by atoms with Crippen LogP contribution in [0.3, 0.4) is 0 Å². The molecule has 1 heterocycles. The van der Waals surface area contributed by atoms with Gasteiger partial charge in [0.2, 0.25) is 10.0 Å². The number of benzene rings is 3. The Hall–Kier alpha value is -3.53. The van der Waals surface area contributed by atoms with Gasteiger partial charge in [-0.05, 0) is 48.9 Å². The van der Waals surface area contributed by atoms with Gasteiger partial charge in [0.15, 0.2) is 4.80 Å². The molecule has 1 amide bonds. The standard InChI is InChI=1S/C27H27N3O4S2/c1-4-18-30-25-23(34-5-2)12-9-13-24(25)35-27(30)28-26(31)21-14-16-22(17-15-21)36(32,33)29(3)19-20-10-7-6-8-11-20/h4,6-17H,1,5,18-19H2,2-3H3. The summed E-state index contributed by atoms with van der Waals surface area (Å²) < 4.78 is 35.9. The number of para-hydroxylation sites is 1. The van der Waals surface area contributed by atoms with Crippen molar-refractivity contribution in [3.8, 4) is 5.75 Å². The molecule has 0 atom stereocenters. The Bertz CT molecular complexity index is 1550. The molecule has 3 aromatic carbocycles. The predicted octanol–water partition coefficient (Wildman–Crippen LogP) is 4.85. The summed E-state index contributed by atoms with van der Waals surface area (Å²) in [4.78, 5) is 18.0. The van der Waals surface area contributed by atoms with Crippen LogP contribution in [0.15, 0.2) is 95.3 Å². The number of aromatic nitrogens is 1. The van der Waals surface area contributed by atoms with E-state index in [9.17, 15) is 13.2 Å². The summed E-state index contributed by atoms with van der Waals surface area (Å²) in [6, 6.07) is 21.0. The highest BCUT2D eigenvalue weighted by Crippen LogP contribution is 2.28. The van der Waals surface area contributed by atoms with Crippen LogP contribution >= 0.6 is 11.3 Å². The summed E-state index contributed by atoms with van der Waals surface area (Å²) in [6.07, 6.45) is 1.74. The highest BCUT2D eigenvalue weighted by Gasteiger charge is 2.21. The van der Waals surface area contributed by atoms with E-state index in [2.05, 4.69) is 11.6 Å². The van der Waals surface area contributed by atoms with E-state index in [0.29, 0.717) is 23.5 Å². The van der Waals surface area contributed by atoms with Crippen LogP contribution in [0.1, 0.15) is 22.8 Å². The smallest absolute Gasteiger partial charge is 0.279 e. The van der Waals surface area contributed by atoms with E-state index in [1.807, 2.05) is 60.0 Å². The molecule has 0 spiro atoms. The SMILES string of the molecule is C=CCn1c(=NC(=O)c2ccc(S(=O)(=O)N(C)Cc3ccccc3)cc2)sc2cccc(OCC)c21. The maximum Gasteiger partial charge on any atom is 0.279 e. The van der Waals surface area contributed by atoms with E-state index >= 15 is 0 Å². The summed E-state index contributed by atoms with van der Waals surface area (Å²) in [6.45, 7) is 6.97. The summed E-state index contributed by atoms with van der Waals surface area (Å²) in [5.74, 6) is 0.259.